The predicted molar refractivity (Wildman–Crippen MR) is 55.5 cm³/mol. The molecule has 4 heteroatoms. The van der Waals surface area contributed by atoms with E-state index >= 15 is 0 Å². The first-order chi connectivity index (χ1) is 7.33. The zero-order chi connectivity index (χ0) is 10.3. The molecular weight excluding hydrogens is 190 g/mol. The molecule has 0 saturated heterocycles. The first-order valence-corrected chi connectivity index (χ1v) is 5.92. The highest BCUT2D eigenvalue weighted by Gasteiger charge is 2.30. The van der Waals surface area contributed by atoms with Gasteiger partial charge in [0.05, 0.1) is 0 Å². The lowest BCUT2D eigenvalue weighted by Gasteiger charge is -2.21. The van der Waals surface area contributed by atoms with Crippen molar-refractivity contribution >= 4 is 0 Å². The van der Waals surface area contributed by atoms with Crippen LogP contribution < -0.4 is 5.73 Å². The zero-order valence-electron chi connectivity index (χ0n) is 8.85. The highest BCUT2D eigenvalue weighted by molar-refractivity contribution is 5.04. The number of rotatable bonds is 2. The first-order valence-electron chi connectivity index (χ1n) is 5.92. The first kappa shape index (κ1) is 9.33. The summed E-state index contributed by atoms with van der Waals surface area (Å²) < 4.78 is 5.34. The summed E-state index contributed by atoms with van der Waals surface area (Å²) in [6.45, 7) is 0. The van der Waals surface area contributed by atoms with E-state index in [1.807, 2.05) is 0 Å². The van der Waals surface area contributed by atoms with Crippen molar-refractivity contribution in [3.05, 3.63) is 11.7 Å². The van der Waals surface area contributed by atoms with Gasteiger partial charge in [0.2, 0.25) is 5.89 Å². The molecule has 82 valence electrons. The van der Waals surface area contributed by atoms with Gasteiger partial charge in [-0.25, -0.2) is 0 Å². The van der Waals surface area contributed by atoms with Crippen LogP contribution in [-0.4, -0.2) is 16.2 Å². The van der Waals surface area contributed by atoms with Crippen LogP contribution in [0.4, 0.5) is 0 Å². The van der Waals surface area contributed by atoms with Crippen LogP contribution >= 0.6 is 0 Å². The summed E-state index contributed by atoms with van der Waals surface area (Å²) in [7, 11) is 0. The second kappa shape index (κ2) is 3.59. The minimum atomic E-state index is 0.328. The Morgan fingerprint density at radius 2 is 2.00 bits per heavy atom. The molecule has 4 nitrogen and oxygen atoms in total. The fourth-order valence-electron chi connectivity index (χ4n) is 2.49. The maximum Gasteiger partial charge on any atom is 0.229 e. The Bertz CT molecular complexity index is 345. The third-order valence-corrected chi connectivity index (χ3v) is 3.75. The molecule has 15 heavy (non-hydrogen) atoms. The SMILES string of the molecule is N[C@H]1CC[C@@H](c2nc(C3CCC3)no2)C1. The molecule has 1 aromatic heterocycles. The zero-order valence-corrected chi connectivity index (χ0v) is 8.85. The van der Waals surface area contributed by atoms with E-state index in [1.54, 1.807) is 0 Å². The number of nitrogens with two attached hydrogens (primary N) is 1. The van der Waals surface area contributed by atoms with E-state index in [2.05, 4.69) is 10.1 Å². The number of hydrogen-bond donors (Lipinski definition) is 1. The lowest BCUT2D eigenvalue weighted by atomic mass is 9.85. The largest absolute Gasteiger partial charge is 0.339 e. The smallest absolute Gasteiger partial charge is 0.229 e. The summed E-state index contributed by atoms with van der Waals surface area (Å²) in [6.07, 6.45) is 6.96. The van der Waals surface area contributed by atoms with Gasteiger partial charge < -0.3 is 10.3 Å². The summed E-state index contributed by atoms with van der Waals surface area (Å²) in [5.74, 6) is 2.74. The average Bonchev–Trinajstić information content (AvgIpc) is 2.70. The quantitative estimate of drug-likeness (QED) is 0.804. The van der Waals surface area contributed by atoms with Crippen LogP contribution in [-0.2, 0) is 0 Å². The van der Waals surface area contributed by atoms with Gasteiger partial charge in [-0.05, 0) is 32.1 Å². The van der Waals surface area contributed by atoms with Gasteiger partial charge in [-0.15, -0.1) is 0 Å². The molecule has 0 radical (unpaired) electrons. The molecule has 1 heterocycles. The standard InChI is InChI=1S/C11H17N3O/c12-9-5-4-8(6-9)11-13-10(14-15-11)7-2-1-3-7/h7-9H,1-6,12H2/t8-,9+/m1/s1. The predicted octanol–water partition coefficient (Wildman–Crippen LogP) is 1.93. The van der Waals surface area contributed by atoms with Crippen LogP contribution in [0.3, 0.4) is 0 Å². The molecule has 2 aliphatic rings. The summed E-state index contributed by atoms with van der Waals surface area (Å²) >= 11 is 0. The van der Waals surface area contributed by atoms with Gasteiger partial charge in [-0.3, -0.25) is 0 Å². The van der Waals surface area contributed by atoms with Crippen LogP contribution in [0.5, 0.6) is 0 Å². The van der Waals surface area contributed by atoms with E-state index in [1.165, 1.54) is 19.3 Å². The summed E-state index contributed by atoms with van der Waals surface area (Å²) in [6, 6.07) is 0.328. The molecule has 0 amide bonds. The third-order valence-electron chi connectivity index (χ3n) is 3.75. The molecule has 0 aromatic carbocycles. The van der Waals surface area contributed by atoms with Crippen molar-refractivity contribution in [2.45, 2.75) is 56.4 Å². The Morgan fingerprint density at radius 3 is 2.60 bits per heavy atom. The molecular formula is C11H17N3O. The lowest BCUT2D eigenvalue weighted by Crippen LogP contribution is -2.14. The van der Waals surface area contributed by atoms with Gasteiger partial charge >= 0.3 is 0 Å². The van der Waals surface area contributed by atoms with Crippen molar-refractivity contribution in [3.63, 3.8) is 0 Å². The van der Waals surface area contributed by atoms with Crippen molar-refractivity contribution in [1.29, 1.82) is 0 Å². The Hall–Kier alpha value is -0.900. The maximum absolute atomic E-state index is 5.88. The van der Waals surface area contributed by atoms with Gasteiger partial charge in [-0.1, -0.05) is 11.6 Å². The van der Waals surface area contributed by atoms with Crippen molar-refractivity contribution in [2.75, 3.05) is 0 Å². The van der Waals surface area contributed by atoms with E-state index in [0.717, 1.165) is 31.0 Å². The molecule has 3 rings (SSSR count). The Balaban J connectivity index is 1.72. The maximum atomic E-state index is 5.88. The molecule has 1 aromatic rings. The summed E-state index contributed by atoms with van der Waals surface area (Å²) in [5, 5.41) is 4.08. The summed E-state index contributed by atoms with van der Waals surface area (Å²) in [5.41, 5.74) is 5.88. The van der Waals surface area contributed by atoms with E-state index in [0.29, 0.717) is 17.9 Å². The van der Waals surface area contributed by atoms with Crippen LogP contribution in [0.1, 0.15) is 62.1 Å². The normalized spacial score (nSPS) is 31.8. The molecule has 2 N–H and O–H groups in total. The van der Waals surface area contributed by atoms with Crippen LogP contribution in [0.15, 0.2) is 4.52 Å². The van der Waals surface area contributed by atoms with E-state index in [9.17, 15) is 0 Å². The number of hydrogen-bond acceptors (Lipinski definition) is 4. The Kier molecular flexibility index (Phi) is 2.24. The minimum absolute atomic E-state index is 0.328. The van der Waals surface area contributed by atoms with Gasteiger partial charge in [0.25, 0.3) is 0 Å². The molecule has 0 aliphatic heterocycles. The van der Waals surface area contributed by atoms with Crippen LogP contribution in [0.2, 0.25) is 0 Å². The highest BCUT2D eigenvalue weighted by atomic mass is 16.5. The van der Waals surface area contributed by atoms with Crippen molar-refractivity contribution < 1.29 is 4.52 Å². The summed E-state index contributed by atoms with van der Waals surface area (Å²) in [4.78, 5) is 4.52. The van der Waals surface area contributed by atoms with Gasteiger partial charge in [0.15, 0.2) is 5.82 Å². The van der Waals surface area contributed by atoms with Gasteiger partial charge in [0.1, 0.15) is 0 Å². The minimum Gasteiger partial charge on any atom is -0.339 e. The molecule has 2 fully saturated rings. The number of nitrogens with zero attached hydrogens (tertiary/aromatic N) is 2. The second-order valence-corrected chi connectivity index (χ2v) is 4.89. The van der Waals surface area contributed by atoms with Crippen LogP contribution in [0, 0.1) is 0 Å². The number of aromatic nitrogens is 2. The molecule has 0 bridgehead atoms. The van der Waals surface area contributed by atoms with Gasteiger partial charge in [0, 0.05) is 17.9 Å². The monoisotopic (exact) mass is 207 g/mol. The Morgan fingerprint density at radius 1 is 1.13 bits per heavy atom. The van der Waals surface area contributed by atoms with E-state index < -0.39 is 0 Å². The molecule has 2 aliphatic carbocycles. The lowest BCUT2D eigenvalue weighted by molar-refractivity contribution is 0.333. The van der Waals surface area contributed by atoms with Crippen molar-refractivity contribution in [3.8, 4) is 0 Å². The van der Waals surface area contributed by atoms with E-state index in [4.69, 9.17) is 10.3 Å². The highest BCUT2D eigenvalue weighted by Crippen LogP contribution is 2.37. The molecule has 0 unspecified atom stereocenters. The van der Waals surface area contributed by atoms with Crippen LogP contribution in [0.25, 0.3) is 0 Å². The van der Waals surface area contributed by atoms with Gasteiger partial charge in [-0.2, -0.15) is 4.98 Å². The van der Waals surface area contributed by atoms with Crippen molar-refractivity contribution in [2.24, 2.45) is 5.73 Å². The fourth-order valence-corrected chi connectivity index (χ4v) is 2.49. The van der Waals surface area contributed by atoms with E-state index in [-0.39, 0.29) is 0 Å². The second-order valence-electron chi connectivity index (χ2n) is 4.89. The van der Waals surface area contributed by atoms with Crippen molar-refractivity contribution in [1.82, 2.24) is 10.1 Å². The fraction of sp³-hybridized carbons (Fsp3) is 0.818. The molecule has 2 atom stereocenters. The molecule has 2 saturated carbocycles. The Labute approximate surface area is 89.2 Å². The average molecular weight is 207 g/mol. The molecule has 0 spiro atoms. The third kappa shape index (κ3) is 1.67. The topological polar surface area (TPSA) is 64.9 Å².